The molecule has 23 heavy (non-hydrogen) atoms. The average molecular weight is 407 g/mol. The third-order valence-corrected chi connectivity index (χ3v) is 6.06. The van der Waals surface area contributed by atoms with E-state index >= 15 is 0 Å². The lowest BCUT2D eigenvalue weighted by Gasteiger charge is -2.07. The van der Waals surface area contributed by atoms with Crippen LogP contribution in [0.25, 0.3) is 10.6 Å². The summed E-state index contributed by atoms with van der Waals surface area (Å²) in [7, 11) is 0. The summed E-state index contributed by atoms with van der Waals surface area (Å²) in [5.74, 6) is -0.0202. The smallest absolute Gasteiger partial charge is 0.229 e. The molecular formula is C17H15BrN2OS2. The van der Waals surface area contributed by atoms with E-state index in [4.69, 9.17) is 0 Å². The van der Waals surface area contributed by atoms with Gasteiger partial charge in [0.25, 0.3) is 0 Å². The number of aromatic nitrogens is 1. The van der Waals surface area contributed by atoms with Gasteiger partial charge in [-0.3, -0.25) is 4.79 Å². The summed E-state index contributed by atoms with van der Waals surface area (Å²) in [4.78, 5) is 19.1. The first-order chi connectivity index (χ1) is 11.0. The Bertz CT molecular complexity index is 840. The van der Waals surface area contributed by atoms with Gasteiger partial charge in [-0.2, -0.15) is 0 Å². The van der Waals surface area contributed by atoms with Crippen molar-refractivity contribution in [3.05, 3.63) is 55.6 Å². The maximum Gasteiger partial charge on any atom is 0.229 e. The Hall–Kier alpha value is -1.50. The van der Waals surface area contributed by atoms with Gasteiger partial charge in [0.2, 0.25) is 5.91 Å². The number of anilines is 1. The highest BCUT2D eigenvalue weighted by molar-refractivity contribution is 9.10. The Kier molecular flexibility index (Phi) is 4.94. The van der Waals surface area contributed by atoms with Crippen LogP contribution in [0.1, 0.15) is 15.4 Å². The number of benzene rings is 1. The van der Waals surface area contributed by atoms with Crippen LogP contribution < -0.4 is 5.32 Å². The SMILES string of the molecule is Cc1nc(-c2cccs2)c(CC(=O)Nc2ccc(Br)c(C)c2)s1. The number of nitrogens with one attached hydrogen (secondary N) is 1. The molecule has 0 spiro atoms. The van der Waals surface area contributed by atoms with Gasteiger partial charge in [0.15, 0.2) is 0 Å². The first-order valence-corrected chi connectivity index (χ1v) is 9.58. The van der Waals surface area contributed by atoms with Crippen molar-refractivity contribution < 1.29 is 4.79 Å². The van der Waals surface area contributed by atoms with E-state index in [2.05, 4.69) is 26.2 Å². The van der Waals surface area contributed by atoms with E-state index < -0.39 is 0 Å². The van der Waals surface area contributed by atoms with Gasteiger partial charge in [-0.25, -0.2) is 4.98 Å². The molecule has 118 valence electrons. The minimum absolute atomic E-state index is 0.0202. The van der Waals surface area contributed by atoms with Crippen LogP contribution in [-0.4, -0.2) is 10.9 Å². The van der Waals surface area contributed by atoms with E-state index in [1.807, 2.05) is 49.6 Å². The van der Waals surface area contributed by atoms with E-state index in [1.165, 1.54) is 0 Å². The first kappa shape index (κ1) is 16.4. The zero-order valence-corrected chi connectivity index (χ0v) is 15.9. The second-order valence-electron chi connectivity index (χ2n) is 5.17. The van der Waals surface area contributed by atoms with Crippen molar-refractivity contribution >= 4 is 50.2 Å². The molecule has 1 aromatic carbocycles. The Morgan fingerprint density at radius 3 is 2.83 bits per heavy atom. The average Bonchev–Trinajstić information content (AvgIpc) is 3.12. The monoisotopic (exact) mass is 406 g/mol. The molecule has 2 heterocycles. The predicted octanol–water partition coefficient (Wildman–Crippen LogP) is 5.43. The highest BCUT2D eigenvalue weighted by atomic mass is 79.9. The topological polar surface area (TPSA) is 42.0 Å². The van der Waals surface area contributed by atoms with Gasteiger partial charge in [0.1, 0.15) is 0 Å². The van der Waals surface area contributed by atoms with Crippen LogP contribution in [0.5, 0.6) is 0 Å². The molecule has 0 radical (unpaired) electrons. The van der Waals surface area contributed by atoms with Crippen LogP contribution in [-0.2, 0) is 11.2 Å². The quantitative estimate of drug-likeness (QED) is 0.627. The highest BCUT2D eigenvalue weighted by Crippen LogP contribution is 2.31. The predicted molar refractivity (Wildman–Crippen MR) is 101 cm³/mol. The summed E-state index contributed by atoms with van der Waals surface area (Å²) in [5, 5.41) is 5.97. The molecule has 3 aromatic rings. The fourth-order valence-corrected chi connectivity index (χ4v) is 4.27. The molecule has 0 aliphatic rings. The Morgan fingerprint density at radius 1 is 1.30 bits per heavy atom. The lowest BCUT2D eigenvalue weighted by Crippen LogP contribution is -2.14. The molecule has 2 aromatic heterocycles. The number of carbonyl (C=O) groups excluding carboxylic acids is 1. The minimum atomic E-state index is -0.0202. The van der Waals surface area contributed by atoms with Crippen LogP contribution >= 0.6 is 38.6 Å². The van der Waals surface area contributed by atoms with Crippen LogP contribution in [0.3, 0.4) is 0 Å². The van der Waals surface area contributed by atoms with Gasteiger partial charge in [-0.05, 0) is 49.1 Å². The van der Waals surface area contributed by atoms with Gasteiger partial charge in [-0.15, -0.1) is 22.7 Å². The van der Waals surface area contributed by atoms with Crippen molar-refractivity contribution in [2.45, 2.75) is 20.3 Å². The van der Waals surface area contributed by atoms with E-state index in [0.29, 0.717) is 6.42 Å². The summed E-state index contributed by atoms with van der Waals surface area (Å²) in [5.41, 5.74) is 2.84. The number of amides is 1. The fourth-order valence-electron chi connectivity index (χ4n) is 2.27. The number of halogens is 1. The molecule has 3 nitrogen and oxygen atoms in total. The van der Waals surface area contributed by atoms with Gasteiger partial charge < -0.3 is 5.32 Å². The van der Waals surface area contributed by atoms with Crippen molar-refractivity contribution in [1.29, 1.82) is 0 Å². The Labute approximate surface area is 151 Å². The molecule has 3 rings (SSSR count). The lowest BCUT2D eigenvalue weighted by atomic mass is 10.2. The molecule has 0 atom stereocenters. The van der Waals surface area contributed by atoms with Crippen molar-refractivity contribution in [2.75, 3.05) is 5.32 Å². The molecule has 0 saturated heterocycles. The third-order valence-electron chi connectivity index (χ3n) is 3.32. The summed E-state index contributed by atoms with van der Waals surface area (Å²) in [6.07, 6.45) is 0.341. The first-order valence-electron chi connectivity index (χ1n) is 7.09. The zero-order chi connectivity index (χ0) is 16.4. The van der Waals surface area contributed by atoms with Crippen LogP contribution in [0.2, 0.25) is 0 Å². The van der Waals surface area contributed by atoms with Crippen molar-refractivity contribution in [3.8, 4) is 10.6 Å². The van der Waals surface area contributed by atoms with Crippen molar-refractivity contribution in [1.82, 2.24) is 4.98 Å². The van der Waals surface area contributed by atoms with Crippen LogP contribution in [0.4, 0.5) is 5.69 Å². The van der Waals surface area contributed by atoms with E-state index in [-0.39, 0.29) is 5.91 Å². The minimum Gasteiger partial charge on any atom is -0.326 e. The summed E-state index contributed by atoms with van der Waals surface area (Å²) in [6, 6.07) is 9.84. The largest absolute Gasteiger partial charge is 0.326 e. The molecular weight excluding hydrogens is 392 g/mol. The molecule has 0 unspecified atom stereocenters. The highest BCUT2D eigenvalue weighted by Gasteiger charge is 2.15. The molecule has 0 aliphatic carbocycles. The fraction of sp³-hybridized carbons (Fsp3) is 0.176. The second-order valence-corrected chi connectivity index (χ2v) is 8.26. The normalized spacial score (nSPS) is 10.7. The number of carbonyl (C=O) groups is 1. The molecule has 0 bridgehead atoms. The van der Waals surface area contributed by atoms with Gasteiger partial charge in [-0.1, -0.05) is 22.0 Å². The van der Waals surface area contributed by atoms with Crippen molar-refractivity contribution in [2.24, 2.45) is 0 Å². The maximum atomic E-state index is 12.4. The van der Waals surface area contributed by atoms with E-state index in [9.17, 15) is 4.79 Å². The molecule has 0 saturated carbocycles. The number of hydrogen-bond donors (Lipinski definition) is 1. The zero-order valence-electron chi connectivity index (χ0n) is 12.7. The maximum absolute atomic E-state index is 12.4. The standard InChI is InChI=1S/C17H15BrN2OS2/c1-10-8-12(5-6-13(10)18)20-16(21)9-15-17(19-11(2)23-15)14-4-3-7-22-14/h3-8H,9H2,1-2H3,(H,20,21). The molecule has 1 amide bonds. The second kappa shape index (κ2) is 6.95. The third kappa shape index (κ3) is 3.88. The Balaban J connectivity index is 1.77. The van der Waals surface area contributed by atoms with E-state index in [0.717, 1.165) is 36.2 Å². The number of nitrogens with zero attached hydrogens (tertiary/aromatic N) is 1. The van der Waals surface area contributed by atoms with Crippen LogP contribution in [0, 0.1) is 13.8 Å². The molecule has 0 fully saturated rings. The van der Waals surface area contributed by atoms with Gasteiger partial charge in [0.05, 0.1) is 22.0 Å². The summed E-state index contributed by atoms with van der Waals surface area (Å²) >= 11 is 6.70. The number of hydrogen-bond acceptors (Lipinski definition) is 4. The molecule has 6 heteroatoms. The number of aryl methyl sites for hydroxylation is 2. The van der Waals surface area contributed by atoms with Gasteiger partial charge >= 0.3 is 0 Å². The number of rotatable bonds is 4. The van der Waals surface area contributed by atoms with E-state index in [1.54, 1.807) is 22.7 Å². The molecule has 0 aliphatic heterocycles. The lowest BCUT2D eigenvalue weighted by molar-refractivity contribution is -0.115. The summed E-state index contributed by atoms with van der Waals surface area (Å²) < 4.78 is 1.04. The Morgan fingerprint density at radius 2 is 2.13 bits per heavy atom. The summed E-state index contributed by atoms with van der Waals surface area (Å²) in [6.45, 7) is 3.97. The number of thiophene rings is 1. The molecule has 1 N–H and O–H groups in total. The van der Waals surface area contributed by atoms with Crippen molar-refractivity contribution in [3.63, 3.8) is 0 Å². The van der Waals surface area contributed by atoms with Crippen LogP contribution in [0.15, 0.2) is 40.2 Å². The number of thiazole rings is 1. The van der Waals surface area contributed by atoms with Gasteiger partial charge in [0, 0.05) is 15.0 Å².